The second kappa shape index (κ2) is 10.3. The van der Waals surface area contributed by atoms with E-state index in [2.05, 4.69) is 10.2 Å². The van der Waals surface area contributed by atoms with Gasteiger partial charge in [0.25, 0.3) is 0 Å². The van der Waals surface area contributed by atoms with Gasteiger partial charge < -0.3 is 15.2 Å². The van der Waals surface area contributed by atoms with E-state index in [9.17, 15) is 0 Å². The SMILES string of the molecule is CCOc1cc(/C=N\N=C(/N)SC)ccc1OCc1ccc(Cl)c(Cl)c1. The van der Waals surface area contributed by atoms with Crippen molar-refractivity contribution >= 4 is 46.3 Å². The molecule has 0 unspecified atom stereocenters. The van der Waals surface area contributed by atoms with Crippen LogP contribution in [0.4, 0.5) is 0 Å². The average molecular weight is 412 g/mol. The fourth-order valence-corrected chi connectivity index (χ4v) is 2.43. The maximum atomic E-state index is 6.03. The maximum absolute atomic E-state index is 6.03. The maximum Gasteiger partial charge on any atom is 0.180 e. The van der Waals surface area contributed by atoms with Crippen molar-refractivity contribution in [3.05, 3.63) is 57.6 Å². The summed E-state index contributed by atoms with van der Waals surface area (Å²) < 4.78 is 11.5. The lowest BCUT2D eigenvalue weighted by Gasteiger charge is -2.13. The molecule has 0 radical (unpaired) electrons. The van der Waals surface area contributed by atoms with Crippen molar-refractivity contribution in [2.45, 2.75) is 13.5 Å². The first-order valence-electron chi connectivity index (χ1n) is 7.77. The molecule has 8 heteroatoms. The van der Waals surface area contributed by atoms with Crippen molar-refractivity contribution < 1.29 is 9.47 Å². The van der Waals surface area contributed by atoms with Crippen LogP contribution < -0.4 is 15.2 Å². The zero-order valence-electron chi connectivity index (χ0n) is 14.4. The van der Waals surface area contributed by atoms with Gasteiger partial charge in [-0.2, -0.15) is 5.10 Å². The predicted octanol–water partition coefficient (Wildman–Crippen LogP) is 4.98. The molecule has 5 nitrogen and oxygen atoms in total. The highest BCUT2D eigenvalue weighted by molar-refractivity contribution is 8.13. The molecule has 0 amide bonds. The van der Waals surface area contributed by atoms with Crippen LogP contribution in [0, 0.1) is 0 Å². The van der Waals surface area contributed by atoms with E-state index in [0.29, 0.717) is 39.9 Å². The molecule has 0 saturated heterocycles. The number of hydrogen-bond donors (Lipinski definition) is 1. The molecule has 2 aromatic rings. The van der Waals surface area contributed by atoms with Crippen LogP contribution in [-0.2, 0) is 6.61 Å². The van der Waals surface area contributed by atoms with E-state index in [1.54, 1.807) is 18.3 Å². The Bertz CT molecular complexity index is 813. The van der Waals surface area contributed by atoms with Crippen LogP contribution in [0.1, 0.15) is 18.1 Å². The third-order valence-corrected chi connectivity index (χ3v) is 4.46. The average Bonchev–Trinajstić information content (AvgIpc) is 2.64. The van der Waals surface area contributed by atoms with Crippen LogP contribution in [0.3, 0.4) is 0 Å². The number of amidine groups is 1. The number of rotatable bonds is 7. The van der Waals surface area contributed by atoms with Gasteiger partial charge in [0.2, 0.25) is 0 Å². The van der Waals surface area contributed by atoms with E-state index in [1.165, 1.54) is 11.8 Å². The number of nitrogens with two attached hydrogens (primary N) is 1. The van der Waals surface area contributed by atoms with Crippen LogP contribution in [0.2, 0.25) is 10.0 Å². The summed E-state index contributed by atoms with van der Waals surface area (Å²) in [4.78, 5) is 0. The molecular weight excluding hydrogens is 393 g/mol. The van der Waals surface area contributed by atoms with Gasteiger partial charge in [0, 0.05) is 0 Å². The summed E-state index contributed by atoms with van der Waals surface area (Å²) in [5, 5.41) is 9.21. The van der Waals surface area contributed by atoms with Gasteiger partial charge in [0.1, 0.15) is 6.61 Å². The second-order valence-electron chi connectivity index (χ2n) is 5.06. The van der Waals surface area contributed by atoms with Crippen molar-refractivity contribution in [2.75, 3.05) is 12.9 Å². The fourth-order valence-electron chi connectivity index (χ4n) is 1.98. The van der Waals surface area contributed by atoms with E-state index in [1.807, 2.05) is 37.4 Å². The lowest BCUT2D eigenvalue weighted by atomic mass is 10.2. The van der Waals surface area contributed by atoms with Crippen LogP contribution >= 0.6 is 35.0 Å². The van der Waals surface area contributed by atoms with Gasteiger partial charge in [-0.1, -0.05) is 41.0 Å². The number of benzene rings is 2. The quantitative estimate of drug-likeness (QED) is 0.396. The predicted molar refractivity (Wildman–Crippen MR) is 111 cm³/mol. The molecular formula is C18H19Cl2N3O2S. The zero-order valence-corrected chi connectivity index (χ0v) is 16.7. The Morgan fingerprint density at radius 2 is 1.92 bits per heavy atom. The van der Waals surface area contributed by atoms with Gasteiger partial charge in [-0.15, -0.1) is 5.10 Å². The Morgan fingerprint density at radius 3 is 2.62 bits per heavy atom. The van der Waals surface area contributed by atoms with Crippen molar-refractivity contribution in [2.24, 2.45) is 15.9 Å². The Balaban J connectivity index is 2.13. The third kappa shape index (κ3) is 6.12. The number of nitrogens with zero attached hydrogens (tertiary/aromatic N) is 2. The van der Waals surface area contributed by atoms with E-state index in [4.69, 9.17) is 38.4 Å². The summed E-state index contributed by atoms with van der Waals surface area (Å²) in [5.41, 5.74) is 7.33. The van der Waals surface area contributed by atoms with Crippen LogP contribution in [-0.4, -0.2) is 24.2 Å². The molecule has 2 N–H and O–H groups in total. The van der Waals surface area contributed by atoms with Gasteiger partial charge in [-0.3, -0.25) is 0 Å². The van der Waals surface area contributed by atoms with Gasteiger partial charge >= 0.3 is 0 Å². The molecule has 26 heavy (non-hydrogen) atoms. The second-order valence-corrected chi connectivity index (χ2v) is 6.70. The lowest BCUT2D eigenvalue weighted by molar-refractivity contribution is 0.269. The first-order valence-corrected chi connectivity index (χ1v) is 9.75. The third-order valence-electron chi connectivity index (χ3n) is 3.22. The van der Waals surface area contributed by atoms with E-state index >= 15 is 0 Å². The minimum absolute atomic E-state index is 0.346. The highest BCUT2D eigenvalue weighted by atomic mass is 35.5. The summed E-state index contributed by atoms with van der Waals surface area (Å²) in [6.07, 6.45) is 3.44. The molecule has 0 bridgehead atoms. The largest absolute Gasteiger partial charge is 0.490 e. The molecule has 2 aromatic carbocycles. The van der Waals surface area contributed by atoms with Crippen molar-refractivity contribution in [3.8, 4) is 11.5 Å². The highest BCUT2D eigenvalue weighted by Gasteiger charge is 2.07. The minimum atomic E-state index is 0.346. The van der Waals surface area contributed by atoms with Crippen LogP contribution in [0.15, 0.2) is 46.6 Å². The first-order chi connectivity index (χ1) is 12.5. The summed E-state index contributed by atoms with van der Waals surface area (Å²) in [7, 11) is 0. The fraction of sp³-hybridized carbons (Fsp3) is 0.222. The molecule has 2 rings (SSSR count). The van der Waals surface area contributed by atoms with Crippen LogP contribution in [0.25, 0.3) is 0 Å². The molecule has 0 aliphatic rings. The smallest absolute Gasteiger partial charge is 0.180 e. The molecule has 0 aliphatic carbocycles. The normalized spacial score (nSPS) is 11.8. The van der Waals surface area contributed by atoms with Gasteiger partial charge in [0.15, 0.2) is 16.7 Å². The highest BCUT2D eigenvalue weighted by Crippen LogP contribution is 2.30. The molecule has 0 spiro atoms. The number of hydrogen-bond acceptors (Lipinski definition) is 5. The Labute approximate surface area is 167 Å². The van der Waals surface area contributed by atoms with E-state index < -0.39 is 0 Å². The van der Waals surface area contributed by atoms with Gasteiger partial charge in [0.05, 0.1) is 22.9 Å². The van der Waals surface area contributed by atoms with Gasteiger partial charge in [-0.05, 0) is 54.6 Å². The topological polar surface area (TPSA) is 69.2 Å². The van der Waals surface area contributed by atoms with E-state index in [-0.39, 0.29) is 0 Å². The molecule has 0 aromatic heterocycles. The minimum Gasteiger partial charge on any atom is -0.490 e. The zero-order chi connectivity index (χ0) is 18.9. The molecule has 138 valence electrons. The van der Waals surface area contributed by atoms with Crippen molar-refractivity contribution in [1.82, 2.24) is 0 Å². The Kier molecular flexibility index (Phi) is 8.09. The summed E-state index contributed by atoms with van der Waals surface area (Å²) >= 11 is 13.3. The van der Waals surface area contributed by atoms with Gasteiger partial charge in [-0.25, -0.2) is 0 Å². The first kappa shape index (κ1) is 20.4. The van der Waals surface area contributed by atoms with E-state index in [0.717, 1.165) is 11.1 Å². The molecule has 0 heterocycles. The standard InChI is InChI=1S/C18H19Cl2N3O2S/c1-3-24-17-9-12(10-22-23-18(21)26-2)5-7-16(17)25-11-13-4-6-14(19)15(20)8-13/h4-10H,3,11H2,1-2H3,(H2,21,23)/b22-10-. The molecule has 0 saturated carbocycles. The number of thioether (sulfide) groups is 1. The Hall–Kier alpha value is -1.89. The summed E-state index contributed by atoms with van der Waals surface area (Å²) in [6.45, 7) is 2.77. The lowest BCUT2D eigenvalue weighted by Crippen LogP contribution is -2.04. The Morgan fingerprint density at radius 1 is 1.12 bits per heavy atom. The monoisotopic (exact) mass is 411 g/mol. The van der Waals surface area contributed by atoms with Crippen molar-refractivity contribution in [1.29, 1.82) is 0 Å². The van der Waals surface area contributed by atoms with Crippen molar-refractivity contribution in [3.63, 3.8) is 0 Å². The molecule has 0 aliphatic heterocycles. The molecule has 0 atom stereocenters. The van der Waals surface area contributed by atoms with Crippen LogP contribution in [0.5, 0.6) is 11.5 Å². The summed E-state index contributed by atoms with van der Waals surface area (Å²) in [6, 6.07) is 10.9. The number of ether oxygens (including phenoxy) is 2. The number of halogens is 2. The summed E-state index contributed by atoms with van der Waals surface area (Å²) in [5.74, 6) is 1.25. The molecule has 0 fully saturated rings.